The van der Waals surface area contributed by atoms with Crippen LogP contribution in [0.5, 0.6) is 5.75 Å². The number of hydrogen-bond acceptors (Lipinski definition) is 3. The Morgan fingerprint density at radius 1 is 0.857 bits per heavy atom. The molecule has 4 heteroatoms. The molecule has 0 unspecified atom stereocenters. The van der Waals surface area contributed by atoms with Crippen molar-refractivity contribution in [3.8, 4) is 5.75 Å². The summed E-state index contributed by atoms with van der Waals surface area (Å²) in [5.74, 6) is 0.947. The van der Waals surface area contributed by atoms with Crippen LogP contribution in [-0.2, 0) is 6.54 Å². The van der Waals surface area contributed by atoms with Gasteiger partial charge in [-0.05, 0) is 61.8 Å². The van der Waals surface area contributed by atoms with Crippen LogP contribution in [-0.4, -0.2) is 40.7 Å². The summed E-state index contributed by atoms with van der Waals surface area (Å²) in [5, 5.41) is 2.47. The number of fused-ring (bicyclic) bond motifs is 3. The van der Waals surface area contributed by atoms with E-state index >= 15 is 0 Å². The first kappa shape index (κ1) is 17.3. The topological polar surface area (TPSA) is 30.3 Å². The second-order valence-corrected chi connectivity index (χ2v) is 7.52. The molecule has 4 nitrogen and oxygen atoms in total. The molecule has 1 aliphatic heterocycles. The van der Waals surface area contributed by atoms with Gasteiger partial charge in [0.2, 0.25) is 0 Å². The van der Waals surface area contributed by atoms with Crippen molar-refractivity contribution < 1.29 is 4.74 Å². The van der Waals surface area contributed by atoms with Gasteiger partial charge in [0.25, 0.3) is 0 Å². The fourth-order valence-corrected chi connectivity index (χ4v) is 4.21. The Balaban J connectivity index is 1.33. The van der Waals surface area contributed by atoms with Gasteiger partial charge in [-0.3, -0.25) is 4.90 Å². The van der Waals surface area contributed by atoms with Gasteiger partial charge in [-0.1, -0.05) is 30.3 Å². The van der Waals surface area contributed by atoms with E-state index < -0.39 is 0 Å². The summed E-state index contributed by atoms with van der Waals surface area (Å²) in [6.45, 7) is 5.02. The molecule has 142 valence electrons. The lowest BCUT2D eigenvalue weighted by Gasteiger charge is -2.15. The van der Waals surface area contributed by atoms with Gasteiger partial charge in [-0.2, -0.15) is 0 Å². The Kier molecular flexibility index (Phi) is 4.71. The van der Waals surface area contributed by atoms with Gasteiger partial charge < -0.3 is 9.30 Å². The van der Waals surface area contributed by atoms with Crippen LogP contribution in [0.25, 0.3) is 21.9 Å². The third-order valence-corrected chi connectivity index (χ3v) is 5.67. The minimum Gasteiger partial charge on any atom is -0.492 e. The molecular weight excluding hydrogens is 346 g/mol. The number of pyridine rings is 1. The molecular formula is C24H25N3O. The van der Waals surface area contributed by atoms with Crippen molar-refractivity contribution in [1.82, 2.24) is 14.5 Å². The van der Waals surface area contributed by atoms with Crippen molar-refractivity contribution in [2.45, 2.75) is 19.4 Å². The van der Waals surface area contributed by atoms with Crippen LogP contribution in [0.4, 0.5) is 0 Å². The minimum atomic E-state index is 0.760. The molecule has 3 heterocycles. The van der Waals surface area contributed by atoms with Crippen molar-refractivity contribution in [2.24, 2.45) is 0 Å². The zero-order valence-corrected chi connectivity index (χ0v) is 16.1. The highest BCUT2D eigenvalue weighted by Crippen LogP contribution is 2.28. The van der Waals surface area contributed by atoms with Crippen molar-refractivity contribution in [2.75, 3.05) is 26.2 Å². The highest BCUT2D eigenvalue weighted by atomic mass is 16.5. The first-order valence-electron chi connectivity index (χ1n) is 10.1. The Labute approximate surface area is 165 Å². The predicted octanol–water partition coefficient (Wildman–Crippen LogP) is 4.71. The predicted molar refractivity (Wildman–Crippen MR) is 114 cm³/mol. The monoisotopic (exact) mass is 371 g/mol. The summed E-state index contributed by atoms with van der Waals surface area (Å²) in [6, 6.07) is 21.2. The summed E-state index contributed by atoms with van der Waals surface area (Å²) in [7, 11) is 0. The standard InChI is InChI=1S/C24H25N3O/c1-2-8-23-21(6-1)22-7-5-13-25-24(22)27(23)18-19-9-11-20(12-10-19)28-17-16-26-14-3-4-15-26/h1-2,5-13H,3-4,14-18H2. The third kappa shape index (κ3) is 3.36. The first-order valence-corrected chi connectivity index (χ1v) is 10.1. The Bertz CT molecular complexity index is 1020. The number of para-hydroxylation sites is 1. The highest BCUT2D eigenvalue weighted by Gasteiger charge is 2.12. The lowest BCUT2D eigenvalue weighted by atomic mass is 10.2. The molecule has 0 aliphatic carbocycles. The van der Waals surface area contributed by atoms with E-state index in [1.807, 2.05) is 12.3 Å². The van der Waals surface area contributed by atoms with Gasteiger partial charge >= 0.3 is 0 Å². The van der Waals surface area contributed by atoms with Gasteiger partial charge in [-0.15, -0.1) is 0 Å². The summed E-state index contributed by atoms with van der Waals surface area (Å²) in [5.41, 5.74) is 3.51. The van der Waals surface area contributed by atoms with Crippen LogP contribution in [0.15, 0.2) is 66.9 Å². The molecule has 0 radical (unpaired) electrons. The minimum absolute atomic E-state index is 0.760. The normalized spacial score (nSPS) is 14.9. The van der Waals surface area contributed by atoms with Gasteiger partial charge in [0.05, 0.1) is 5.52 Å². The summed E-state index contributed by atoms with van der Waals surface area (Å²) in [6.07, 6.45) is 4.52. The Hall–Kier alpha value is -2.85. The van der Waals surface area contributed by atoms with Crippen LogP contribution < -0.4 is 4.74 Å². The van der Waals surface area contributed by atoms with Gasteiger partial charge in [-0.25, -0.2) is 4.98 Å². The second-order valence-electron chi connectivity index (χ2n) is 7.52. The van der Waals surface area contributed by atoms with E-state index in [1.54, 1.807) is 0 Å². The second kappa shape index (κ2) is 7.64. The number of aromatic nitrogens is 2. The molecule has 0 N–H and O–H groups in total. The maximum atomic E-state index is 5.94. The van der Waals surface area contributed by atoms with Crippen LogP contribution in [0.2, 0.25) is 0 Å². The first-order chi connectivity index (χ1) is 13.9. The molecule has 1 fully saturated rings. The molecule has 0 amide bonds. The van der Waals surface area contributed by atoms with Crippen LogP contribution in [0, 0.1) is 0 Å². The molecule has 2 aromatic heterocycles. The maximum absolute atomic E-state index is 5.94. The Morgan fingerprint density at radius 2 is 1.64 bits per heavy atom. The van der Waals surface area contributed by atoms with Crippen molar-refractivity contribution in [3.05, 3.63) is 72.4 Å². The zero-order chi connectivity index (χ0) is 18.8. The molecule has 0 atom stereocenters. The summed E-state index contributed by atoms with van der Waals surface area (Å²) < 4.78 is 8.24. The quantitative estimate of drug-likeness (QED) is 0.492. The SMILES string of the molecule is c1ccc2c(c1)c1cccnc1n2Cc1ccc(OCCN2CCCC2)cc1. The molecule has 4 aromatic rings. The molecule has 5 rings (SSSR count). The van der Waals surface area contributed by atoms with Crippen molar-refractivity contribution >= 4 is 21.9 Å². The molecule has 1 saturated heterocycles. The molecule has 2 aromatic carbocycles. The number of nitrogens with zero attached hydrogens (tertiary/aromatic N) is 3. The molecule has 0 bridgehead atoms. The fraction of sp³-hybridized carbons (Fsp3) is 0.292. The van der Waals surface area contributed by atoms with Gasteiger partial charge in [0.15, 0.2) is 0 Å². The molecule has 1 aliphatic rings. The molecule has 28 heavy (non-hydrogen) atoms. The van der Waals surface area contributed by atoms with E-state index in [9.17, 15) is 0 Å². The largest absolute Gasteiger partial charge is 0.492 e. The molecule has 0 spiro atoms. The third-order valence-electron chi connectivity index (χ3n) is 5.67. The van der Waals surface area contributed by atoms with Crippen LogP contribution >= 0.6 is 0 Å². The molecule has 0 saturated carbocycles. The van der Waals surface area contributed by atoms with Gasteiger partial charge in [0, 0.05) is 30.1 Å². The fourth-order valence-electron chi connectivity index (χ4n) is 4.21. The van der Waals surface area contributed by atoms with Crippen molar-refractivity contribution in [3.63, 3.8) is 0 Å². The van der Waals surface area contributed by atoms with E-state index in [0.29, 0.717) is 0 Å². The number of likely N-dealkylation sites (tertiary alicyclic amines) is 1. The van der Waals surface area contributed by atoms with Crippen LogP contribution in [0.3, 0.4) is 0 Å². The van der Waals surface area contributed by atoms with Crippen molar-refractivity contribution in [1.29, 1.82) is 0 Å². The smallest absolute Gasteiger partial charge is 0.141 e. The lowest BCUT2D eigenvalue weighted by molar-refractivity contribution is 0.238. The number of ether oxygens (including phenoxy) is 1. The van der Waals surface area contributed by atoms with E-state index in [4.69, 9.17) is 4.74 Å². The lowest BCUT2D eigenvalue weighted by Crippen LogP contribution is -2.25. The van der Waals surface area contributed by atoms with E-state index in [-0.39, 0.29) is 0 Å². The summed E-state index contributed by atoms with van der Waals surface area (Å²) in [4.78, 5) is 7.12. The number of hydrogen-bond donors (Lipinski definition) is 0. The van der Waals surface area contributed by atoms with Crippen LogP contribution in [0.1, 0.15) is 18.4 Å². The number of benzene rings is 2. The Morgan fingerprint density at radius 3 is 2.50 bits per heavy atom. The summed E-state index contributed by atoms with van der Waals surface area (Å²) >= 11 is 0. The zero-order valence-electron chi connectivity index (χ0n) is 16.1. The maximum Gasteiger partial charge on any atom is 0.141 e. The van der Waals surface area contributed by atoms with E-state index in [2.05, 4.69) is 69.0 Å². The average molecular weight is 371 g/mol. The highest BCUT2D eigenvalue weighted by molar-refractivity contribution is 6.06. The van der Waals surface area contributed by atoms with E-state index in [1.165, 1.54) is 47.8 Å². The van der Waals surface area contributed by atoms with Gasteiger partial charge in [0.1, 0.15) is 18.0 Å². The van der Waals surface area contributed by atoms with E-state index in [0.717, 1.165) is 31.1 Å². The number of rotatable bonds is 6. The average Bonchev–Trinajstić information content (AvgIpc) is 3.37.